The van der Waals surface area contributed by atoms with Crippen molar-refractivity contribution in [3.63, 3.8) is 0 Å². The first-order chi connectivity index (χ1) is 17.4. The number of nitrogens with zero attached hydrogens (tertiary/aromatic N) is 4. The predicted molar refractivity (Wildman–Crippen MR) is 137 cm³/mol. The lowest BCUT2D eigenvalue weighted by Gasteiger charge is -2.19. The van der Waals surface area contributed by atoms with Gasteiger partial charge in [-0.1, -0.05) is 48.0 Å². The molecule has 0 radical (unpaired) electrons. The number of carbonyl (C=O) groups is 2. The molecule has 1 aliphatic rings. The lowest BCUT2D eigenvalue weighted by atomic mass is 10.1. The molecule has 0 saturated carbocycles. The van der Waals surface area contributed by atoms with Gasteiger partial charge in [-0.2, -0.15) is 0 Å². The lowest BCUT2D eigenvalue weighted by Crippen LogP contribution is -2.30. The second-order valence-corrected chi connectivity index (χ2v) is 10.3. The van der Waals surface area contributed by atoms with Gasteiger partial charge in [-0.25, -0.2) is 24.5 Å². The molecule has 0 spiro atoms. The number of hydrogen-bond donors (Lipinski definition) is 0. The largest absolute Gasteiger partial charge is 0.461 e. The summed E-state index contributed by atoms with van der Waals surface area (Å²) in [7, 11) is 0. The quantitative estimate of drug-likeness (QED) is 0.252. The van der Waals surface area contributed by atoms with Gasteiger partial charge >= 0.3 is 11.9 Å². The summed E-state index contributed by atoms with van der Waals surface area (Å²) in [5, 5.41) is -0.170. The molecule has 184 valence electrons. The molecule has 5 rings (SSSR count). The van der Waals surface area contributed by atoms with E-state index < -0.39 is 18.0 Å². The van der Waals surface area contributed by atoms with E-state index >= 15 is 0 Å². The zero-order valence-electron chi connectivity index (χ0n) is 19.6. The van der Waals surface area contributed by atoms with Crippen molar-refractivity contribution in [1.29, 1.82) is 0 Å². The summed E-state index contributed by atoms with van der Waals surface area (Å²) >= 11 is 7.73. The van der Waals surface area contributed by atoms with E-state index in [4.69, 9.17) is 21.1 Å². The third-order valence-corrected chi connectivity index (χ3v) is 7.97. The van der Waals surface area contributed by atoms with E-state index in [0.717, 1.165) is 11.1 Å². The van der Waals surface area contributed by atoms with Crippen molar-refractivity contribution in [2.45, 2.75) is 37.0 Å². The first-order valence-electron chi connectivity index (χ1n) is 11.4. The molecule has 0 aliphatic carbocycles. The Labute approximate surface area is 217 Å². The van der Waals surface area contributed by atoms with Crippen molar-refractivity contribution >= 4 is 46.5 Å². The summed E-state index contributed by atoms with van der Waals surface area (Å²) in [6.45, 7) is 3.81. The van der Waals surface area contributed by atoms with Crippen LogP contribution in [0.3, 0.4) is 0 Å². The molecule has 3 atom stereocenters. The normalized spacial score (nSPS) is 19.4. The molecule has 0 unspecified atom stereocenters. The Morgan fingerprint density at radius 3 is 2.36 bits per heavy atom. The number of benzene rings is 2. The average molecular weight is 523 g/mol. The van der Waals surface area contributed by atoms with Gasteiger partial charge in [-0.15, -0.1) is 11.8 Å². The van der Waals surface area contributed by atoms with E-state index in [9.17, 15) is 9.59 Å². The highest BCUT2D eigenvalue weighted by Crippen LogP contribution is 2.44. The Balaban J connectivity index is 1.38. The molecule has 2 aromatic heterocycles. The molecule has 0 N–H and O–H groups in total. The highest BCUT2D eigenvalue weighted by Gasteiger charge is 2.40. The van der Waals surface area contributed by atoms with Gasteiger partial charge in [-0.05, 0) is 37.1 Å². The van der Waals surface area contributed by atoms with Crippen molar-refractivity contribution in [2.24, 2.45) is 0 Å². The number of halogens is 1. The van der Waals surface area contributed by atoms with E-state index in [1.165, 1.54) is 6.33 Å². The van der Waals surface area contributed by atoms with Gasteiger partial charge in [0.05, 0.1) is 28.1 Å². The number of hydrogen-bond acceptors (Lipinski definition) is 8. The fourth-order valence-electron chi connectivity index (χ4n) is 4.22. The molecule has 3 heterocycles. The Morgan fingerprint density at radius 1 is 1.00 bits per heavy atom. The van der Waals surface area contributed by atoms with Crippen LogP contribution in [-0.4, -0.2) is 49.4 Å². The zero-order chi connectivity index (χ0) is 25.2. The minimum absolute atomic E-state index is 0.0857. The van der Waals surface area contributed by atoms with E-state index in [0.29, 0.717) is 28.7 Å². The number of fused-ring (bicyclic) bond motifs is 1. The fourth-order valence-corrected chi connectivity index (χ4v) is 5.87. The fraction of sp³-hybridized carbons (Fsp3) is 0.269. The third kappa shape index (κ3) is 4.81. The molecule has 0 amide bonds. The summed E-state index contributed by atoms with van der Waals surface area (Å²) < 4.78 is 13.6. The molecule has 1 saturated heterocycles. The van der Waals surface area contributed by atoms with Crippen LogP contribution in [0.25, 0.3) is 11.2 Å². The minimum Gasteiger partial charge on any atom is -0.461 e. The van der Waals surface area contributed by atoms with Crippen LogP contribution in [0.4, 0.5) is 0 Å². The van der Waals surface area contributed by atoms with Crippen LogP contribution in [0, 0.1) is 13.8 Å². The highest BCUT2D eigenvalue weighted by atomic mass is 35.5. The van der Waals surface area contributed by atoms with E-state index in [-0.39, 0.29) is 22.4 Å². The van der Waals surface area contributed by atoms with Crippen LogP contribution < -0.4 is 0 Å². The van der Waals surface area contributed by atoms with E-state index in [1.54, 1.807) is 42.4 Å². The number of thioether (sulfide) groups is 1. The molecule has 2 aromatic carbocycles. The maximum atomic E-state index is 13.0. The standard InChI is InChI=1S/C26H23ClN4O4S/c1-15-7-3-5-9-17(15)25(32)34-12-20-19(35-26(33)18-10-6-4-8-16(18)2)11-21(36-20)31-14-30-22-23(27)28-13-29-24(22)31/h3-10,13-14,19-21H,11-12H2,1-2H3/t19-,20+,21+/m0/s1. The number of ether oxygens (including phenoxy) is 2. The van der Waals surface area contributed by atoms with Crippen molar-refractivity contribution in [1.82, 2.24) is 19.5 Å². The first-order valence-corrected chi connectivity index (χ1v) is 12.7. The molecule has 36 heavy (non-hydrogen) atoms. The van der Waals surface area contributed by atoms with Crippen molar-refractivity contribution < 1.29 is 19.1 Å². The third-order valence-electron chi connectivity index (χ3n) is 6.17. The van der Waals surface area contributed by atoms with Gasteiger partial charge in [0.1, 0.15) is 24.6 Å². The number of aromatic nitrogens is 4. The second kappa shape index (κ2) is 10.3. The Bertz CT molecular complexity index is 1440. The number of rotatable bonds is 6. The maximum Gasteiger partial charge on any atom is 0.338 e. The van der Waals surface area contributed by atoms with Crippen LogP contribution in [0.5, 0.6) is 0 Å². The minimum atomic E-state index is -0.494. The molecule has 0 bridgehead atoms. The highest BCUT2D eigenvalue weighted by molar-refractivity contribution is 8.00. The smallest absolute Gasteiger partial charge is 0.338 e. The zero-order valence-corrected chi connectivity index (χ0v) is 21.2. The van der Waals surface area contributed by atoms with Gasteiger partial charge in [0.25, 0.3) is 0 Å². The Hall–Kier alpha value is -3.43. The first kappa shape index (κ1) is 24.3. The van der Waals surface area contributed by atoms with Crippen LogP contribution in [0.15, 0.2) is 61.2 Å². The topological polar surface area (TPSA) is 96.2 Å². The van der Waals surface area contributed by atoms with Gasteiger partial charge in [0, 0.05) is 6.42 Å². The molecule has 1 fully saturated rings. The van der Waals surface area contributed by atoms with Gasteiger partial charge in [-0.3, -0.25) is 0 Å². The van der Waals surface area contributed by atoms with E-state index in [1.807, 2.05) is 42.7 Å². The Kier molecular flexibility index (Phi) is 6.93. The van der Waals surface area contributed by atoms with Crippen molar-refractivity contribution in [3.8, 4) is 0 Å². The SMILES string of the molecule is Cc1ccccc1C(=O)OC[C@H]1S[C@@H](n2cnc3c(Cl)ncnc32)C[C@@H]1OC(=O)c1ccccc1C. The van der Waals surface area contributed by atoms with Gasteiger partial charge in [0.15, 0.2) is 10.8 Å². The van der Waals surface area contributed by atoms with Gasteiger partial charge < -0.3 is 14.0 Å². The molecule has 8 nitrogen and oxygen atoms in total. The monoisotopic (exact) mass is 522 g/mol. The molecular weight excluding hydrogens is 500 g/mol. The summed E-state index contributed by atoms with van der Waals surface area (Å²) in [5.74, 6) is -0.816. The van der Waals surface area contributed by atoms with Crippen molar-refractivity contribution in [2.75, 3.05) is 6.61 Å². The summed E-state index contributed by atoms with van der Waals surface area (Å²) in [6.07, 6.45) is 3.04. The summed E-state index contributed by atoms with van der Waals surface area (Å²) in [4.78, 5) is 38.5. The molecule has 4 aromatic rings. The van der Waals surface area contributed by atoms with Crippen molar-refractivity contribution in [3.05, 3.63) is 88.6 Å². The lowest BCUT2D eigenvalue weighted by molar-refractivity contribution is 0.0205. The average Bonchev–Trinajstić information content (AvgIpc) is 3.48. The van der Waals surface area contributed by atoms with Crippen LogP contribution in [0.2, 0.25) is 5.15 Å². The van der Waals surface area contributed by atoms with Crippen LogP contribution in [-0.2, 0) is 9.47 Å². The number of carbonyl (C=O) groups excluding carboxylic acids is 2. The van der Waals surface area contributed by atoms with E-state index in [2.05, 4.69) is 15.0 Å². The number of imidazole rings is 1. The van der Waals surface area contributed by atoms with Crippen LogP contribution in [0.1, 0.15) is 43.6 Å². The Morgan fingerprint density at radius 2 is 1.67 bits per heavy atom. The van der Waals surface area contributed by atoms with Crippen LogP contribution >= 0.6 is 23.4 Å². The second-order valence-electron chi connectivity index (χ2n) is 8.53. The summed E-state index contributed by atoms with van der Waals surface area (Å²) in [5.41, 5.74) is 3.78. The molecular formula is C26H23ClN4O4S. The predicted octanol–water partition coefficient (Wildman–Crippen LogP) is 5.18. The number of aryl methyl sites for hydroxylation is 2. The number of esters is 2. The van der Waals surface area contributed by atoms with Gasteiger partial charge in [0.2, 0.25) is 0 Å². The maximum absolute atomic E-state index is 13.0. The molecule has 1 aliphatic heterocycles. The molecule has 10 heteroatoms. The summed E-state index contributed by atoms with van der Waals surface area (Å²) in [6, 6.07) is 14.6.